The summed E-state index contributed by atoms with van der Waals surface area (Å²) < 4.78 is 5.39. The van der Waals surface area contributed by atoms with Gasteiger partial charge in [-0.2, -0.15) is 0 Å². The molecule has 0 saturated carbocycles. The summed E-state index contributed by atoms with van der Waals surface area (Å²) in [6.07, 6.45) is 0. The smallest absolute Gasteiger partial charge is 0.258 e. The Morgan fingerprint density at radius 1 is 1.20 bits per heavy atom. The van der Waals surface area contributed by atoms with Gasteiger partial charge in [0.25, 0.3) is 5.91 Å². The third kappa shape index (κ3) is 3.47. The van der Waals surface area contributed by atoms with Crippen LogP contribution in [-0.2, 0) is 9.59 Å². The molecule has 0 heterocycles. The number of primary amides is 1. The van der Waals surface area contributed by atoms with Crippen molar-refractivity contribution in [1.82, 2.24) is 5.32 Å². The van der Waals surface area contributed by atoms with Crippen LogP contribution in [0.25, 0.3) is 10.8 Å². The molecule has 0 saturated heterocycles. The highest BCUT2D eigenvalue weighted by Crippen LogP contribution is 2.20. The SMILES string of the molecule is CC(NC(=O)COc1ccc2ccccc2c1)C(N)=O. The number of rotatable bonds is 5. The fourth-order valence-electron chi connectivity index (χ4n) is 1.76. The number of carbonyl (C=O) groups is 2. The van der Waals surface area contributed by atoms with Crippen molar-refractivity contribution in [2.45, 2.75) is 13.0 Å². The molecule has 0 spiro atoms. The van der Waals surface area contributed by atoms with E-state index in [9.17, 15) is 9.59 Å². The van der Waals surface area contributed by atoms with E-state index in [1.807, 2.05) is 36.4 Å². The predicted molar refractivity (Wildman–Crippen MR) is 76.2 cm³/mol. The van der Waals surface area contributed by atoms with Gasteiger partial charge in [0.15, 0.2) is 6.61 Å². The first-order chi connectivity index (χ1) is 9.56. The molecule has 20 heavy (non-hydrogen) atoms. The maximum Gasteiger partial charge on any atom is 0.258 e. The lowest BCUT2D eigenvalue weighted by molar-refractivity contribution is -0.128. The largest absolute Gasteiger partial charge is 0.484 e. The third-order valence-electron chi connectivity index (χ3n) is 2.90. The van der Waals surface area contributed by atoms with E-state index in [1.54, 1.807) is 6.07 Å². The molecule has 0 aromatic heterocycles. The van der Waals surface area contributed by atoms with Crippen LogP contribution in [0.2, 0.25) is 0 Å². The number of ether oxygens (including phenoxy) is 1. The van der Waals surface area contributed by atoms with E-state index < -0.39 is 11.9 Å². The number of carbonyl (C=O) groups excluding carboxylic acids is 2. The number of hydrogen-bond acceptors (Lipinski definition) is 3. The van der Waals surface area contributed by atoms with Gasteiger partial charge in [0, 0.05) is 0 Å². The van der Waals surface area contributed by atoms with Crippen molar-refractivity contribution in [2.24, 2.45) is 5.73 Å². The van der Waals surface area contributed by atoms with Crippen LogP contribution in [0, 0.1) is 0 Å². The Kier molecular flexibility index (Phi) is 4.20. The van der Waals surface area contributed by atoms with Crippen molar-refractivity contribution in [3.05, 3.63) is 42.5 Å². The second-order valence-corrected chi connectivity index (χ2v) is 4.49. The van der Waals surface area contributed by atoms with Crippen molar-refractivity contribution >= 4 is 22.6 Å². The molecule has 2 rings (SSSR count). The molecule has 0 aliphatic carbocycles. The fourth-order valence-corrected chi connectivity index (χ4v) is 1.76. The summed E-state index contributed by atoms with van der Waals surface area (Å²) in [6, 6.07) is 12.7. The predicted octanol–water partition coefficient (Wildman–Crippen LogP) is 1.21. The number of nitrogens with two attached hydrogens (primary N) is 1. The molecule has 2 aromatic rings. The van der Waals surface area contributed by atoms with E-state index >= 15 is 0 Å². The first kappa shape index (κ1) is 13.9. The van der Waals surface area contributed by atoms with Gasteiger partial charge in [-0.25, -0.2) is 0 Å². The first-order valence-electron chi connectivity index (χ1n) is 6.26. The van der Waals surface area contributed by atoms with Crippen molar-refractivity contribution in [3.63, 3.8) is 0 Å². The van der Waals surface area contributed by atoms with Gasteiger partial charge < -0.3 is 15.8 Å². The quantitative estimate of drug-likeness (QED) is 0.858. The number of amides is 2. The minimum atomic E-state index is -0.706. The van der Waals surface area contributed by atoms with Crippen LogP contribution >= 0.6 is 0 Å². The standard InChI is InChI=1S/C15H16N2O3/c1-10(15(16)19)17-14(18)9-20-13-7-6-11-4-2-3-5-12(11)8-13/h2-8,10H,9H2,1H3,(H2,16,19)(H,17,18). The highest BCUT2D eigenvalue weighted by atomic mass is 16.5. The van der Waals surface area contributed by atoms with Crippen molar-refractivity contribution in [2.75, 3.05) is 6.61 Å². The molecular formula is C15H16N2O3. The zero-order chi connectivity index (χ0) is 14.5. The Labute approximate surface area is 116 Å². The lowest BCUT2D eigenvalue weighted by atomic mass is 10.1. The molecule has 1 unspecified atom stereocenters. The van der Waals surface area contributed by atoms with Gasteiger partial charge in [-0.15, -0.1) is 0 Å². The summed E-state index contributed by atoms with van der Waals surface area (Å²) >= 11 is 0. The molecule has 1 atom stereocenters. The van der Waals surface area contributed by atoms with Gasteiger partial charge in [0.2, 0.25) is 5.91 Å². The third-order valence-corrected chi connectivity index (χ3v) is 2.90. The normalized spacial score (nSPS) is 11.8. The molecule has 2 amide bonds. The molecule has 0 fully saturated rings. The van der Waals surface area contributed by atoms with Gasteiger partial charge in [-0.1, -0.05) is 30.3 Å². The van der Waals surface area contributed by atoms with Crippen LogP contribution in [0.3, 0.4) is 0 Å². The van der Waals surface area contributed by atoms with E-state index in [0.29, 0.717) is 5.75 Å². The van der Waals surface area contributed by atoms with E-state index in [2.05, 4.69) is 5.32 Å². The Morgan fingerprint density at radius 2 is 1.90 bits per heavy atom. The van der Waals surface area contributed by atoms with Gasteiger partial charge >= 0.3 is 0 Å². The van der Waals surface area contributed by atoms with Gasteiger partial charge in [-0.3, -0.25) is 9.59 Å². The number of nitrogens with one attached hydrogen (secondary N) is 1. The molecule has 0 bridgehead atoms. The topological polar surface area (TPSA) is 81.4 Å². The summed E-state index contributed by atoms with van der Waals surface area (Å²) in [5.74, 6) is -0.362. The van der Waals surface area contributed by atoms with Crippen molar-refractivity contribution in [1.29, 1.82) is 0 Å². The lowest BCUT2D eigenvalue weighted by Gasteiger charge is -2.11. The highest BCUT2D eigenvalue weighted by Gasteiger charge is 2.12. The van der Waals surface area contributed by atoms with Crippen LogP contribution in [-0.4, -0.2) is 24.5 Å². The lowest BCUT2D eigenvalue weighted by Crippen LogP contribution is -2.44. The molecule has 0 radical (unpaired) electrons. The molecule has 2 aromatic carbocycles. The summed E-state index contributed by atoms with van der Waals surface area (Å²) in [5, 5.41) is 4.59. The average Bonchev–Trinajstić information content (AvgIpc) is 2.44. The fraction of sp³-hybridized carbons (Fsp3) is 0.200. The monoisotopic (exact) mass is 272 g/mol. The number of hydrogen-bond donors (Lipinski definition) is 2. The first-order valence-corrected chi connectivity index (χ1v) is 6.26. The molecule has 104 valence electrons. The molecule has 5 nitrogen and oxygen atoms in total. The van der Waals surface area contributed by atoms with E-state index in [1.165, 1.54) is 6.92 Å². The summed E-state index contributed by atoms with van der Waals surface area (Å²) in [4.78, 5) is 22.4. The van der Waals surface area contributed by atoms with Crippen LogP contribution in [0.5, 0.6) is 5.75 Å². The second-order valence-electron chi connectivity index (χ2n) is 4.49. The van der Waals surface area contributed by atoms with Crippen LogP contribution in [0.15, 0.2) is 42.5 Å². The Hall–Kier alpha value is -2.56. The maximum absolute atomic E-state index is 11.6. The van der Waals surface area contributed by atoms with E-state index in [4.69, 9.17) is 10.5 Å². The van der Waals surface area contributed by atoms with Crippen molar-refractivity contribution < 1.29 is 14.3 Å². The second kappa shape index (κ2) is 6.06. The molecule has 5 heteroatoms. The number of fused-ring (bicyclic) bond motifs is 1. The summed E-state index contributed by atoms with van der Waals surface area (Å²) in [6.45, 7) is 1.37. The van der Waals surface area contributed by atoms with E-state index in [-0.39, 0.29) is 12.5 Å². The molecule has 0 aliphatic heterocycles. The summed E-state index contributed by atoms with van der Waals surface area (Å²) in [7, 11) is 0. The van der Waals surface area contributed by atoms with E-state index in [0.717, 1.165) is 10.8 Å². The molecular weight excluding hydrogens is 256 g/mol. The zero-order valence-electron chi connectivity index (χ0n) is 11.1. The Morgan fingerprint density at radius 3 is 2.60 bits per heavy atom. The number of benzene rings is 2. The maximum atomic E-state index is 11.6. The highest BCUT2D eigenvalue weighted by molar-refractivity contribution is 5.87. The minimum Gasteiger partial charge on any atom is -0.484 e. The Bertz CT molecular complexity index is 640. The average molecular weight is 272 g/mol. The molecule has 3 N–H and O–H groups in total. The molecule has 0 aliphatic rings. The van der Waals surface area contributed by atoms with Crippen LogP contribution in [0.4, 0.5) is 0 Å². The van der Waals surface area contributed by atoms with Gasteiger partial charge in [0.1, 0.15) is 11.8 Å². The minimum absolute atomic E-state index is 0.157. The zero-order valence-corrected chi connectivity index (χ0v) is 11.1. The van der Waals surface area contributed by atoms with Crippen molar-refractivity contribution in [3.8, 4) is 5.75 Å². The van der Waals surface area contributed by atoms with Gasteiger partial charge in [0.05, 0.1) is 0 Å². The summed E-state index contributed by atoms with van der Waals surface area (Å²) in [5.41, 5.74) is 5.06. The van der Waals surface area contributed by atoms with Crippen LogP contribution < -0.4 is 15.8 Å². The Balaban J connectivity index is 1.95. The van der Waals surface area contributed by atoms with Gasteiger partial charge in [-0.05, 0) is 29.8 Å². The van der Waals surface area contributed by atoms with Crippen LogP contribution in [0.1, 0.15) is 6.92 Å².